The molecule has 0 saturated carbocycles. The topological polar surface area (TPSA) is 61.5 Å². The first-order valence-corrected chi connectivity index (χ1v) is 7.70. The molecule has 0 spiro atoms. The molecular weight excluding hydrogens is 186 g/mol. The van der Waals surface area contributed by atoms with Gasteiger partial charge in [-0.1, -0.05) is 0 Å². The van der Waals surface area contributed by atoms with E-state index in [0.29, 0.717) is 0 Å². The first-order chi connectivity index (χ1) is 5.78. The lowest BCUT2D eigenvalue weighted by molar-refractivity contribution is -0.139. The predicted molar refractivity (Wildman–Crippen MR) is 53.9 cm³/mol. The molecule has 0 rings (SSSR count). The Kier molecular flexibility index (Phi) is 4.59. The van der Waals surface area contributed by atoms with Gasteiger partial charge in [0.2, 0.25) is 8.32 Å². The Balaban J connectivity index is 4.12. The standard InChI is InChI=1S/C8H19NO3Si/c1-6(11-2)7(9)8(10)12-13(3,4)5/h6-7H,9H2,1-5H3/t6?,7-/m0/s1. The van der Waals surface area contributed by atoms with Gasteiger partial charge in [0.15, 0.2) is 0 Å². The van der Waals surface area contributed by atoms with Crippen molar-refractivity contribution in [2.24, 2.45) is 5.73 Å². The monoisotopic (exact) mass is 205 g/mol. The van der Waals surface area contributed by atoms with Crippen molar-refractivity contribution in [1.29, 1.82) is 0 Å². The van der Waals surface area contributed by atoms with E-state index in [2.05, 4.69) is 0 Å². The number of carbonyl (C=O) groups is 1. The van der Waals surface area contributed by atoms with Crippen LogP contribution in [0, 0.1) is 0 Å². The molecule has 78 valence electrons. The van der Waals surface area contributed by atoms with E-state index in [9.17, 15) is 4.79 Å². The Morgan fingerprint density at radius 2 is 1.85 bits per heavy atom. The fourth-order valence-electron chi connectivity index (χ4n) is 0.708. The van der Waals surface area contributed by atoms with Crippen molar-refractivity contribution in [3.05, 3.63) is 0 Å². The normalized spacial score (nSPS) is 16.5. The molecule has 1 unspecified atom stereocenters. The van der Waals surface area contributed by atoms with E-state index in [4.69, 9.17) is 14.9 Å². The highest BCUT2D eigenvalue weighted by Crippen LogP contribution is 2.06. The minimum Gasteiger partial charge on any atom is -0.519 e. The molecule has 2 N–H and O–H groups in total. The lowest BCUT2D eigenvalue weighted by atomic mass is 10.2. The Labute approximate surface area is 80.5 Å². The van der Waals surface area contributed by atoms with Crippen LogP contribution in [0.1, 0.15) is 6.92 Å². The average molecular weight is 205 g/mol. The van der Waals surface area contributed by atoms with Crippen molar-refractivity contribution in [3.63, 3.8) is 0 Å². The summed E-state index contributed by atoms with van der Waals surface area (Å²) in [5.41, 5.74) is 5.60. The van der Waals surface area contributed by atoms with Gasteiger partial charge in [0.05, 0.1) is 6.10 Å². The Bertz CT molecular complexity index is 179. The SMILES string of the molecule is COC(C)[C@H](N)C(=O)O[Si](C)(C)C. The molecule has 0 heterocycles. The van der Waals surface area contributed by atoms with Crippen molar-refractivity contribution in [1.82, 2.24) is 0 Å². The zero-order valence-electron chi connectivity index (χ0n) is 8.96. The van der Waals surface area contributed by atoms with Crippen LogP contribution in [0.4, 0.5) is 0 Å². The van der Waals surface area contributed by atoms with Crippen LogP contribution in [-0.2, 0) is 14.0 Å². The minimum absolute atomic E-state index is 0.302. The third-order valence-electron chi connectivity index (χ3n) is 1.56. The van der Waals surface area contributed by atoms with Gasteiger partial charge in [-0.15, -0.1) is 0 Å². The zero-order chi connectivity index (χ0) is 10.6. The molecule has 0 fully saturated rings. The summed E-state index contributed by atoms with van der Waals surface area (Å²) in [5.74, 6) is -0.367. The van der Waals surface area contributed by atoms with Crippen LogP contribution in [0.15, 0.2) is 0 Å². The quantitative estimate of drug-likeness (QED) is 0.687. The average Bonchev–Trinajstić information content (AvgIpc) is 1.98. The number of ether oxygens (including phenoxy) is 1. The first kappa shape index (κ1) is 12.6. The molecule has 0 aliphatic carbocycles. The highest BCUT2D eigenvalue weighted by molar-refractivity contribution is 6.71. The smallest absolute Gasteiger partial charge is 0.312 e. The van der Waals surface area contributed by atoms with Gasteiger partial charge in [0, 0.05) is 7.11 Å². The molecular formula is C8H19NO3Si. The molecule has 0 aromatic carbocycles. The fraction of sp³-hybridized carbons (Fsp3) is 0.875. The van der Waals surface area contributed by atoms with Crippen molar-refractivity contribution in [2.45, 2.75) is 38.7 Å². The van der Waals surface area contributed by atoms with E-state index in [1.54, 1.807) is 6.92 Å². The van der Waals surface area contributed by atoms with Crippen LogP contribution in [0.25, 0.3) is 0 Å². The molecule has 13 heavy (non-hydrogen) atoms. The second kappa shape index (κ2) is 4.73. The maximum Gasteiger partial charge on any atom is 0.312 e. The van der Waals surface area contributed by atoms with Gasteiger partial charge >= 0.3 is 5.97 Å². The number of carbonyl (C=O) groups excluding carboxylic acids is 1. The summed E-state index contributed by atoms with van der Waals surface area (Å²) in [6, 6.07) is -0.684. The van der Waals surface area contributed by atoms with Gasteiger partial charge in [-0.05, 0) is 26.6 Å². The van der Waals surface area contributed by atoms with E-state index in [-0.39, 0.29) is 12.1 Å². The van der Waals surface area contributed by atoms with Gasteiger partial charge in [-0.3, -0.25) is 4.79 Å². The van der Waals surface area contributed by atoms with E-state index < -0.39 is 14.4 Å². The Morgan fingerprint density at radius 3 is 2.15 bits per heavy atom. The molecule has 0 aromatic rings. The van der Waals surface area contributed by atoms with Crippen LogP contribution >= 0.6 is 0 Å². The van der Waals surface area contributed by atoms with E-state index in [1.807, 2.05) is 19.6 Å². The van der Waals surface area contributed by atoms with Gasteiger partial charge in [-0.2, -0.15) is 0 Å². The molecule has 0 radical (unpaired) electrons. The largest absolute Gasteiger partial charge is 0.519 e. The molecule has 0 bridgehead atoms. The van der Waals surface area contributed by atoms with E-state index in [1.165, 1.54) is 7.11 Å². The molecule has 0 saturated heterocycles. The second-order valence-corrected chi connectivity index (χ2v) is 8.43. The van der Waals surface area contributed by atoms with Gasteiger partial charge in [-0.25, -0.2) is 0 Å². The molecule has 4 nitrogen and oxygen atoms in total. The van der Waals surface area contributed by atoms with Crippen molar-refractivity contribution < 1.29 is 14.0 Å². The predicted octanol–water partition coefficient (Wildman–Crippen LogP) is 0.727. The summed E-state index contributed by atoms with van der Waals surface area (Å²) < 4.78 is 10.2. The number of hydrogen-bond donors (Lipinski definition) is 1. The molecule has 0 aliphatic rings. The number of methoxy groups -OCH3 is 1. The summed E-state index contributed by atoms with van der Waals surface area (Å²) in [7, 11) is -0.307. The molecule has 0 aromatic heterocycles. The van der Waals surface area contributed by atoms with Gasteiger partial charge in [0.25, 0.3) is 0 Å². The van der Waals surface area contributed by atoms with Crippen molar-refractivity contribution >= 4 is 14.3 Å². The Hall–Kier alpha value is -0.393. The number of nitrogens with two attached hydrogens (primary N) is 1. The molecule has 2 atom stereocenters. The number of rotatable bonds is 4. The Morgan fingerprint density at radius 1 is 1.38 bits per heavy atom. The summed E-state index contributed by atoms with van der Waals surface area (Å²) in [6.45, 7) is 7.56. The highest BCUT2D eigenvalue weighted by Gasteiger charge is 2.27. The van der Waals surface area contributed by atoms with Gasteiger partial charge in [0.1, 0.15) is 6.04 Å². The maximum absolute atomic E-state index is 11.4. The van der Waals surface area contributed by atoms with Crippen LogP contribution in [0.5, 0.6) is 0 Å². The van der Waals surface area contributed by atoms with E-state index >= 15 is 0 Å². The minimum atomic E-state index is -1.83. The van der Waals surface area contributed by atoms with Crippen LogP contribution in [0.2, 0.25) is 19.6 Å². The van der Waals surface area contributed by atoms with Crippen molar-refractivity contribution in [2.75, 3.05) is 7.11 Å². The van der Waals surface area contributed by atoms with Crippen molar-refractivity contribution in [3.8, 4) is 0 Å². The summed E-state index contributed by atoms with van der Waals surface area (Å²) in [5, 5.41) is 0. The lowest BCUT2D eigenvalue weighted by Gasteiger charge is -2.23. The van der Waals surface area contributed by atoms with Gasteiger partial charge < -0.3 is 14.9 Å². The third kappa shape index (κ3) is 5.02. The van der Waals surface area contributed by atoms with Crippen LogP contribution in [-0.4, -0.2) is 33.5 Å². The molecule has 0 aliphatic heterocycles. The summed E-state index contributed by atoms with van der Waals surface area (Å²) in [6.07, 6.45) is -0.302. The fourth-order valence-corrected chi connectivity index (χ4v) is 1.45. The lowest BCUT2D eigenvalue weighted by Crippen LogP contribution is -2.46. The molecule has 5 heteroatoms. The van der Waals surface area contributed by atoms with E-state index in [0.717, 1.165) is 0 Å². The molecule has 0 amide bonds. The van der Waals surface area contributed by atoms with Crippen LogP contribution in [0.3, 0.4) is 0 Å². The number of hydrogen-bond acceptors (Lipinski definition) is 4. The maximum atomic E-state index is 11.4. The first-order valence-electron chi connectivity index (χ1n) is 4.29. The third-order valence-corrected chi connectivity index (χ3v) is 2.37. The second-order valence-electron chi connectivity index (χ2n) is 4.00. The van der Waals surface area contributed by atoms with Crippen LogP contribution < -0.4 is 5.73 Å². The summed E-state index contributed by atoms with van der Waals surface area (Å²) in [4.78, 5) is 11.4. The highest BCUT2D eigenvalue weighted by atomic mass is 28.4. The summed E-state index contributed by atoms with van der Waals surface area (Å²) >= 11 is 0. The zero-order valence-corrected chi connectivity index (χ0v) is 9.96.